The van der Waals surface area contributed by atoms with Crippen molar-refractivity contribution in [2.24, 2.45) is 5.90 Å². The summed E-state index contributed by atoms with van der Waals surface area (Å²) in [4.78, 5) is 0. The Bertz CT molecular complexity index is 290. The van der Waals surface area contributed by atoms with Crippen LogP contribution in [-0.2, 0) is 6.42 Å². The highest BCUT2D eigenvalue weighted by atomic mass is 16.4. The molecule has 4 N–H and O–H groups in total. The topological polar surface area (TPSA) is 66.5 Å². The van der Waals surface area contributed by atoms with Crippen molar-refractivity contribution in [3.63, 3.8) is 0 Å². The fourth-order valence-corrected chi connectivity index (χ4v) is 1.99. The molecule has 0 saturated carbocycles. The van der Waals surface area contributed by atoms with Crippen molar-refractivity contribution in [3.8, 4) is 5.75 Å². The lowest BCUT2D eigenvalue weighted by Crippen LogP contribution is -1.87. The zero-order chi connectivity index (χ0) is 13.6. The number of rotatable bonds is 8. The number of unbranched alkanes of at least 4 members (excludes halogenated alkanes) is 6. The van der Waals surface area contributed by atoms with Gasteiger partial charge in [0.1, 0.15) is 5.75 Å². The van der Waals surface area contributed by atoms with E-state index in [2.05, 4.69) is 12.8 Å². The molecular weight excluding hydrogens is 226 g/mol. The summed E-state index contributed by atoms with van der Waals surface area (Å²) in [5, 5.41) is 16.1. The number of aryl methyl sites for hydroxylation is 1. The molecule has 18 heavy (non-hydrogen) atoms. The quantitative estimate of drug-likeness (QED) is 0.484. The van der Waals surface area contributed by atoms with Gasteiger partial charge in [-0.05, 0) is 24.5 Å². The smallest absolute Gasteiger partial charge is 0.118 e. The van der Waals surface area contributed by atoms with Crippen LogP contribution in [0.4, 0.5) is 0 Å². The summed E-state index contributed by atoms with van der Waals surface area (Å²) in [6.07, 6.45) is 10.3. The van der Waals surface area contributed by atoms with Gasteiger partial charge in [-0.2, -0.15) is 0 Å². The molecule has 0 heterocycles. The maximum atomic E-state index is 9.58. The van der Waals surface area contributed by atoms with E-state index in [1.165, 1.54) is 44.9 Å². The summed E-state index contributed by atoms with van der Waals surface area (Å²) in [5.41, 5.74) is 1.09. The average molecular weight is 253 g/mol. The van der Waals surface area contributed by atoms with E-state index >= 15 is 0 Å². The van der Waals surface area contributed by atoms with E-state index in [1.54, 1.807) is 6.07 Å². The lowest BCUT2D eigenvalue weighted by atomic mass is 10.0. The molecule has 1 aromatic rings. The first-order valence-electron chi connectivity index (χ1n) is 6.87. The van der Waals surface area contributed by atoms with Gasteiger partial charge in [-0.15, -0.1) is 0 Å². The normalized spacial score (nSPS) is 9.72. The van der Waals surface area contributed by atoms with Crippen LogP contribution in [0.1, 0.15) is 57.4 Å². The van der Waals surface area contributed by atoms with E-state index < -0.39 is 0 Å². The Morgan fingerprint density at radius 3 is 2.06 bits per heavy atom. The predicted octanol–water partition coefficient (Wildman–Crippen LogP) is 4.02. The fourth-order valence-electron chi connectivity index (χ4n) is 1.99. The number of hydrogen-bond donors (Lipinski definition) is 3. The van der Waals surface area contributed by atoms with E-state index in [0.29, 0.717) is 5.75 Å². The zero-order valence-electron chi connectivity index (χ0n) is 11.4. The van der Waals surface area contributed by atoms with Crippen molar-refractivity contribution in [1.82, 2.24) is 0 Å². The molecule has 3 heteroatoms. The van der Waals surface area contributed by atoms with Crippen molar-refractivity contribution in [3.05, 3.63) is 29.8 Å². The zero-order valence-corrected chi connectivity index (χ0v) is 11.4. The molecule has 0 aromatic heterocycles. The maximum Gasteiger partial charge on any atom is 0.118 e. The van der Waals surface area contributed by atoms with Crippen molar-refractivity contribution >= 4 is 0 Å². The number of benzene rings is 1. The van der Waals surface area contributed by atoms with E-state index in [4.69, 9.17) is 5.21 Å². The van der Waals surface area contributed by atoms with Gasteiger partial charge >= 0.3 is 0 Å². The monoisotopic (exact) mass is 253 g/mol. The number of hydrogen-bond acceptors (Lipinski definition) is 3. The van der Waals surface area contributed by atoms with Crippen molar-refractivity contribution in [1.29, 1.82) is 0 Å². The second-order valence-corrected chi connectivity index (χ2v) is 4.50. The molecule has 0 unspecified atom stereocenters. The highest BCUT2D eigenvalue weighted by Gasteiger charge is 1.98. The summed E-state index contributed by atoms with van der Waals surface area (Å²) in [5.74, 6) is 3.95. The molecule has 0 radical (unpaired) electrons. The van der Waals surface area contributed by atoms with Gasteiger partial charge in [0.25, 0.3) is 0 Å². The van der Waals surface area contributed by atoms with Crippen LogP contribution in [0.5, 0.6) is 5.75 Å². The first kappa shape index (κ1) is 16.9. The van der Waals surface area contributed by atoms with E-state index in [0.717, 1.165) is 12.0 Å². The fraction of sp³-hybridized carbons (Fsp3) is 0.600. The van der Waals surface area contributed by atoms with Crippen LogP contribution in [-0.4, -0.2) is 10.3 Å². The third-order valence-corrected chi connectivity index (χ3v) is 3.04. The number of aromatic hydroxyl groups is 1. The van der Waals surface area contributed by atoms with Gasteiger partial charge in [-0.3, -0.25) is 0 Å². The highest BCUT2D eigenvalue weighted by Crippen LogP contribution is 2.18. The van der Waals surface area contributed by atoms with Crippen LogP contribution in [0.25, 0.3) is 0 Å². The molecule has 1 aromatic carbocycles. The third-order valence-electron chi connectivity index (χ3n) is 3.04. The van der Waals surface area contributed by atoms with E-state index in [1.807, 2.05) is 18.2 Å². The molecular formula is C15H27NO2. The molecule has 0 spiro atoms. The second-order valence-electron chi connectivity index (χ2n) is 4.50. The van der Waals surface area contributed by atoms with Crippen molar-refractivity contribution < 1.29 is 10.3 Å². The standard InChI is InChI=1S/C15H24O.H3NO/c1-2-3-4-5-6-7-8-11-14-12-9-10-13-15(14)16;1-2/h9-10,12-13,16H,2-8,11H2,1H3;2H,1H2. The summed E-state index contributed by atoms with van der Waals surface area (Å²) in [7, 11) is 0. The lowest BCUT2D eigenvalue weighted by molar-refractivity contribution is 0.311. The SMILES string of the molecule is CCCCCCCCCc1ccccc1O.NO. The van der Waals surface area contributed by atoms with Crippen LogP contribution >= 0.6 is 0 Å². The Balaban J connectivity index is 0.00000137. The largest absolute Gasteiger partial charge is 0.508 e. The van der Waals surface area contributed by atoms with Gasteiger partial charge < -0.3 is 10.3 Å². The molecule has 0 aliphatic carbocycles. The van der Waals surface area contributed by atoms with Gasteiger partial charge in [0.2, 0.25) is 0 Å². The van der Waals surface area contributed by atoms with Crippen LogP contribution in [0.3, 0.4) is 0 Å². The van der Waals surface area contributed by atoms with E-state index in [9.17, 15) is 5.11 Å². The summed E-state index contributed by atoms with van der Waals surface area (Å²) in [6, 6.07) is 7.67. The minimum absolute atomic E-state index is 0.452. The summed E-state index contributed by atoms with van der Waals surface area (Å²) < 4.78 is 0. The minimum Gasteiger partial charge on any atom is -0.508 e. The molecule has 0 aliphatic heterocycles. The molecule has 104 valence electrons. The number of phenols is 1. The van der Waals surface area contributed by atoms with Crippen molar-refractivity contribution in [2.45, 2.75) is 58.3 Å². The second kappa shape index (κ2) is 12.4. The summed E-state index contributed by atoms with van der Waals surface area (Å²) >= 11 is 0. The van der Waals surface area contributed by atoms with Crippen LogP contribution < -0.4 is 5.90 Å². The first-order chi connectivity index (χ1) is 8.84. The molecule has 0 fully saturated rings. The third kappa shape index (κ3) is 8.09. The predicted molar refractivity (Wildman–Crippen MR) is 75.8 cm³/mol. The molecule has 1 rings (SSSR count). The van der Waals surface area contributed by atoms with Crippen LogP contribution in [0.2, 0.25) is 0 Å². The van der Waals surface area contributed by atoms with Crippen molar-refractivity contribution in [2.75, 3.05) is 0 Å². The Morgan fingerprint density at radius 1 is 0.889 bits per heavy atom. The van der Waals surface area contributed by atoms with Gasteiger partial charge in [0.05, 0.1) is 0 Å². The van der Waals surface area contributed by atoms with Gasteiger partial charge in [-0.1, -0.05) is 63.6 Å². The summed E-state index contributed by atoms with van der Waals surface area (Å²) in [6.45, 7) is 2.25. The van der Waals surface area contributed by atoms with Gasteiger partial charge in [-0.25, -0.2) is 5.90 Å². The highest BCUT2D eigenvalue weighted by molar-refractivity contribution is 5.31. The Morgan fingerprint density at radius 2 is 1.44 bits per heavy atom. The molecule has 0 amide bonds. The van der Waals surface area contributed by atoms with Crippen LogP contribution in [0, 0.1) is 0 Å². The molecule has 3 nitrogen and oxygen atoms in total. The minimum atomic E-state index is 0.452. The lowest BCUT2D eigenvalue weighted by Gasteiger charge is -2.04. The Kier molecular flexibility index (Phi) is 11.7. The Hall–Kier alpha value is -1.06. The number of para-hydroxylation sites is 1. The maximum absolute atomic E-state index is 9.58. The molecule has 0 aliphatic rings. The number of phenolic OH excluding ortho intramolecular Hbond substituents is 1. The van der Waals surface area contributed by atoms with Gasteiger partial charge in [0.15, 0.2) is 0 Å². The van der Waals surface area contributed by atoms with Crippen LogP contribution in [0.15, 0.2) is 24.3 Å². The molecule has 0 bridgehead atoms. The number of nitrogens with two attached hydrogens (primary N) is 1. The average Bonchev–Trinajstić information content (AvgIpc) is 2.42. The molecule has 0 saturated heterocycles. The van der Waals surface area contributed by atoms with E-state index in [-0.39, 0.29) is 0 Å². The Labute approximate surface area is 111 Å². The first-order valence-corrected chi connectivity index (χ1v) is 6.87. The molecule has 0 atom stereocenters. The van der Waals surface area contributed by atoms with Gasteiger partial charge in [0, 0.05) is 0 Å².